The van der Waals surface area contributed by atoms with Gasteiger partial charge in [-0.15, -0.1) is 0 Å². The molecule has 2 bridgehead atoms. The van der Waals surface area contributed by atoms with Gasteiger partial charge in [-0.3, -0.25) is 4.99 Å². The molecule has 4 atom stereocenters. The molecule has 0 saturated carbocycles. The molecule has 0 amide bonds. The molecule has 2 N–H and O–H groups in total. The molecule has 6 heteroatoms. The van der Waals surface area contributed by atoms with Crippen molar-refractivity contribution in [3.8, 4) is 0 Å². The van der Waals surface area contributed by atoms with Gasteiger partial charge in [-0.2, -0.15) is 0 Å². The predicted molar refractivity (Wildman–Crippen MR) is 93.9 cm³/mol. The third-order valence-electron chi connectivity index (χ3n) is 5.44. The van der Waals surface area contributed by atoms with Crippen molar-refractivity contribution >= 4 is 5.96 Å². The Morgan fingerprint density at radius 2 is 2.04 bits per heavy atom. The van der Waals surface area contributed by atoms with Crippen LogP contribution in [-0.2, 0) is 4.74 Å². The van der Waals surface area contributed by atoms with E-state index < -0.39 is 0 Å². The maximum absolute atomic E-state index is 5.91. The van der Waals surface area contributed by atoms with Crippen LogP contribution < -0.4 is 10.6 Å². The molecule has 0 aromatic heterocycles. The first-order valence-electron chi connectivity index (χ1n) is 9.17. The molecule has 132 valence electrons. The number of guanidine groups is 1. The maximum Gasteiger partial charge on any atom is 0.191 e. The molecule has 0 aromatic carbocycles. The van der Waals surface area contributed by atoms with Crippen LogP contribution in [0, 0.1) is 5.92 Å². The number of ether oxygens (including phenoxy) is 1. The Balaban J connectivity index is 1.36. The second-order valence-corrected chi connectivity index (χ2v) is 7.52. The van der Waals surface area contributed by atoms with E-state index in [1.807, 2.05) is 7.05 Å². The molecule has 3 fully saturated rings. The van der Waals surface area contributed by atoms with Crippen LogP contribution in [0.25, 0.3) is 0 Å². The second kappa shape index (κ2) is 7.81. The Kier molecular flexibility index (Phi) is 5.77. The van der Waals surface area contributed by atoms with Crippen LogP contribution >= 0.6 is 0 Å². The first-order valence-corrected chi connectivity index (χ1v) is 9.17. The fourth-order valence-corrected chi connectivity index (χ4v) is 3.97. The summed E-state index contributed by atoms with van der Waals surface area (Å²) in [5.41, 5.74) is 0. The Morgan fingerprint density at radius 1 is 1.26 bits per heavy atom. The highest BCUT2D eigenvalue weighted by Crippen LogP contribution is 2.34. The van der Waals surface area contributed by atoms with Gasteiger partial charge in [0.05, 0.1) is 18.2 Å². The first-order chi connectivity index (χ1) is 11.1. The molecule has 23 heavy (non-hydrogen) atoms. The number of piperazine rings is 1. The van der Waals surface area contributed by atoms with Gasteiger partial charge in [-0.25, -0.2) is 0 Å². The summed E-state index contributed by atoms with van der Waals surface area (Å²) in [6, 6.07) is 0.438. The molecular weight excluding hydrogens is 290 g/mol. The largest absolute Gasteiger partial charge is 0.373 e. The maximum atomic E-state index is 5.91. The molecule has 0 aromatic rings. The molecule has 6 nitrogen and oxygen atoms in total. The SMILES string of the molecule is CN=C(NCC(C)CN1CCN(C)CC1)NC1CC2CCC1O2. The lowest BCUT2D eigenvalue weighted by Gasteiger charge is -2.34. The van der Waals surface area contributed by atoms with Gasteiger partial charge in [0.25, 0.3) is 0 Å². The lowest BCUT2D eigenvalue weighted by molar-refractivity contribution is 0.0992. The smallest absolute Gasteiger partial charge is 0.191 e. The molecule has 4 unspecified atom stereocenters. The number of hydrogen-bond donors (Lipinski definition) is 2. The van der Waals surface area contributed by atoms with Gasteiger partial charge < -0.3 is 25.2 Å². The van der Waals surface area contributed by atoms with Crippen molar-refractivity contribution in [2.24, 2.45) is 10.9 Å². The summed E-state index contributed by atoms with van der Waals surface area (Å²) in [5.74, 6) is 1.55. The van der Waals surface area contributed by atoms with Crippen molar-refractivity contribution in [1.29, 1.82) is 0 Å². The fourth-order valence-electron chi connectivity index (χ4n) is 3.97. The van der Waals surface area contributed by atoms with E-state index >= 15 is 0 Å². The summed E-state index contributed by atoms with van der Waals surface area (Å²) in [7, 11) is 4.06. The van der Waals surface area contributed by atoms with Gasteiger partial charge in [-0.1, -0.05) is 6.92 Å². The van der Waals surface area contributed by atoms with Crippen LogP contribution in [0.15, 0.2) is 4.99 Å². The number of fused-ring (bicyclic) bond motifs is 2. The van der Waals surface area contributed by atoms with E-state index in [0.717, 1.165) is 25.5 Å². The number of hydrogen-bond acceptors (Lipinski definition) is 4. The zero-order valence-electron chi connectivity index (χ0n) is 14.9. The van der Waals surface area contributed by atoms with Crippen LogP contribution in [0.5, 0.6) is 0 Å². The molecule has 3 saturated heterocycles. The molecule has 3 aliphatic rings. The number of nitrogens with zero attached hydrogens (tertiary/aromatic N) is 3. The average molecular weight is 323 g/mol. The van der Waals surface area contributed by atoms with Crippen molar-refractivity contribution in [2.45, 2.75) is 44.4 Å². The van der Waals surface area contributed by atoms with Crippen LogP contribution in [0.4, 0.5) is 0 Å². The predicted octanol–water partition coefficient (Wildman–Crippen LogP) is 0.355. The molecule has 0 spiro atoms. The summed E-state index contributed by atoms with van der Waals surface area (Å²) < 4.78 is 5.91. The van der Waals surface area contributed by atoms with Crippen LogP contribution in [0.1, 0.15) is 26.2 Å². The van der Waals surface area contributed by atoms with E-state index in [-0.39, 0.29) is 0 Å². The normalized spacial score (nSPS) is 33.9. The van der Waals surface area contributed by atoms with Crippen molar-refractivity contribution in [2.75, 3.05) is 53.4 Å². The molecular formula is C17H33N5O. The third kappa shape index (κ3) is 4.58. The lowest BCUT2D eigenvalue weighted by Crippen LogP contribution is -2.50. The fraction of sp³-hybridized carbons (Fsp3) is 0.941. The van der Waals surface area contributed by atoms with E-state index in [4.69, 9.17) is 4.74 Å². The van der Waals surface area contributed by atoms with E-state index in [2.05, 4.69) is 39.4 Å². The quantitative estimate of drug-likeness (QED) is 0.565. The van der Waals surface area contributed by atoms with Crippen LogP contribution in [0.2, 0.25) is 0 Å². The molecule has 3 aliphatic heterocycles. The molecule has 3 heterocycles. The summed E-state index contributed by atoms with van der Waals surface area (Å²) in [6.07, 6.45) is 4.42. The van der Waals surface area contributed by atoms with E-state index in [1.165, 1.54) is 39.0 Å². The molecule has 0 radical (unpaired) electrons. The van der Waals surface area contributed by atoms with Gasteiger partial charge in [0, 0.05) is 46.3 Å². The minimum absolute atomic E-state index is 0.390. The second-order valence-electron chi connectivity index (χ2n) is 7.52. The van der Waals surface area contributed by atoms with Gasteiger partial charge in [0.2, 0.25) is 0 Å². The van der Waals surface area contributed by atoms with Crippen molar-refractivity contribution < 1.29 is 4.74 Å². The van der Waals surface area contributed by atoms with Crippen LogP contribution in [-0.4, -0.2) is 87.4 Å². The Bertz CT molecular complexity index is 408. The van der Waals surface area contributed by atoms with Gasteiger partial charge in [-0.05, 0) is 32.2 Å². The zero-order chi connectivity index (χ0) is 16.2. The monoisotopic (exact) mass is 323 g/mol. The highest BCUT2D eigenvalue weighted by atomic mass is 16.5. The Morgan fingerprint density at radius 3 is 2.65 bits per heavy atom. The average Bonchev–Trinajstić information content (AvgIpc) is 3.16. The highest BCUT2D eigenvalue weighted by molar-refractivity contribution is 5.80. The summed E-state index contributed by atoms with van der Waals surface area (Å²) in [4.78, 5) is 9.36. The number of likely N-dealkylation sites (N-methyl/N-ethyl adjacent to an activating group) is 1. The minimum Gasteiger partial charge on any atom is -0.373 e. The summed E-state index contributed by atoms with van der Waals surface area (Å²) in [6.45, 7) is 9.20. The first kappa shape index (κ1) is 17.0. The number of rotatable bonds is 5. The van der Waals surface area contributed by atoms with E-state index in [1.54, 1.807) is 0 Å². The number of aliphatic imine (C=N–C) groups is 1. The van der Waals surface area contributed by atoms with Crippen molar-refractivity contribution in [3.63, 3.8) is 0 Å². The highest BCUT2D eigenvalue weighted by Gasteiger charge is 2.41. The van der Waals surface area contributed by atoms with Crippen molar-refractivity contribution in [1.82, 2.24) is 20.4 Å². The van der Waals surface area contributed by atoms with Crippen molar-refractivity contribution in [3.05, 3.63) is 0 Å². The van der Waals surface area contributed by atoms with E-state index in [9.17, 15) is 0 Å². The standard InChI is InChI=1S/C17H33N5O/c1-13(12-22-8-6-21(3)7-9-22)11-19-17(18-2)20-15-10-14-4-5-16(15)23-14/h13-16H,4-12H2,1-3H3,(H2,18,19,20). The lowest BCUT2D eigenvalue weighted by atomic mass is 9.96. The van der Waals surface area contributed by atoms with Gasteiger partial charge in [0.1, 0.15) is 0 Å². The van der Waals surface area contributed by atoms with Crippen LogP contribution in [0.3, 0.4) is 0 Å². The van der Waals surface area contributed by atoms with Gasteiger partial charge in [0.15, 0.2) is 5.96 Å². The van der Waals surface area contributed by atoms with Gasteiger partial charge >= 0.3 is 0 Å². The Labute approximate surface area is 140 Å². The minimum atomic E-state index is 0.390. The molecule has 3 rings (SSSR count). The summed E-state index contributed by atoms with van der Waals surface area (Å²) >= 11 is 0. The zero-order valence-corrected chi connectivity index (χ0v) is 14.9. The molecule has 0 aliphatic carbocycles. The topological polar surface area (TPSA) is 52.1 Å². The summed E-state index contributed by atoms with van der Waals surface area (Å²) in [5, 5.41) is 7.06. The number of nitrogens with one attached hydrogen (secondary N) is 2. The Hall–Kier alpha value is -0.850. The van der Waals surface area contributed by atoms with E-state index in [0.29, 0.717) is 24.2 Å². The third-order valence-corrected chi connectivity index (χ3v) is 5.44.